The molecular formula is C12H7N5S. The zero-order valence-corrected chi connectivity index (χ0v) is 9.98. The SMILES string of the molecule is N#Cc1cccc(Sc2ncnc3[nH]ncc23)c1. The van der Waals surface area contributed by atoms with E-state index in [-0.39, 0.29) is 0 Å². The van der Waals surface area contributed by atoms with Crippen LogP contribution in [0.4, 0.5) is 0 Å². The summed E-state index contributed by atoms with van der Waals surface area (Å²) in [5, 5.41) is 17.3. The summed E-state index contributed by atoms with van der Waals surface area (Å²) in [6.07, 6.45) is 3.20. The highest BCUT2D eigenvalue weighted by atomic mass is 32.2. The maximum atomic E-state index is 8.87. The van der Waals surface area contributed by atoms with E-state index in [1.54, 1.807) is 12.3 Å². The monoisotopic (exact) mass is 253 g/mol. The van der Waals surface area contributed by atoms with Crippen LogP contribution in [0, 0.1) is 11.3 Å². The van der Waals surface area contributed by atoms with E-state index in [1.807, 2.05) is 18.2 Å². The van der Waals surface area contributed by atoms with E-state index in [0.717, 1.165) is 15.3 Å². The van der Waals surface area contributed by atoms with Crippen LogP contribution in [0.2, 0.25) is 0 Å². The molecule has 86 valence electrons. The van der Waals surface area contributed by atoms with E-state index in [4.69, 9.17) is 5.26 Å². The maximum Gasteiger partial charge on any atom is 0.159 e. The van der Waals surface area contributed by atoms with E-state index in [0.29, 0.717) is 11.2 Å². The fraction of sp³-hybridized carbons (Fsp3) is 0. The third kappa shape index (κ3) is 1.92. The number of hydrogen-bond donors (Lipinski definition) is 1. The van der Waals surface area contributed by atoms with Gasteiger partial charge in [-0.3, -0.25) is 5.10 Å². The van der Waals surface area contributed by atoms with Crippen molar-refractivity contribution in [3.63, 3.8) is 0 Å². The lowest BCUT2D eigenvalue weighted by atomic mass is 10.2. The number of nitrogens with zero attached hydrogens (tertiary/aromatic N) is 4. The smallest absolute Gasteiger partial charge is 0.159 e. The second-order valence-corrected chi connectivity index (χ2v) is 4.62. The number of rotatable bonds is 2. The van der Waals surface area contributed by atoms with Gasteiger partial charge in [-0.2, -0.15) is 10.4 Å². The summed E-state index contributed by atoms with van der Waals surface area (Å²) in [5.41, 5.74) is 1.35. The molecule has 0 radical (unpaired) electrons. The Morgan fingerprint density at radius 1 is 1.28 bits per heavy atom. The minimum atomic E-state index is 0.637. The van der Waals surface area contributed by atoms with Crippen molar-refractivity contribution in [3.8, 4) is 6.07 Å². The van der Waals surface area contributed by atoms with Gasteiger partial charge < -0.3 is 0 Å². The maximum absolute atomic E-state index is 8.87. The van der Waals surface area contributed by atoms with Gasteiger partial charge in [0.05, 0.1) is 23.2 Å². The predicted octanol–water partition coefficient (Wildman–Crippen LogP) is 2.38. The molecule has 3 aromatic rings. The van der Waals surface area contributed by atoms with Gasteiger partial charge in [-0.1, -0.05) is 17.8 Å². The third-order valence-corrected chi connectivity index (χ3v) is 3.40. The van der Waals surface area contributed by atoms with Gasteiger partial charge in [-0.15, -0.1) is 0 Å². The van der Waals surface area contributed by atoms with E-state index in [1.165, 1.54) is 18.1 Å². The minimum Gasteiger partial charge on any atom is -0.261 e. The molecule has 5 nitrogen and oxygen atoms in total. The molecule has 0 aliphatic heterocycles. The Labute approximate surface area is 107 Å². The van der Waals surface area contributed by atoms with Gasteiger partial charge in [0.1, 0.15) is 11.4 Å². The second kappa shape index (κ2) is 4.47. The Balaban J connectivity index is 2.01. The zero-order chi connectivity index (χ0) is 12.4. The zero-order valence-electron chi connectivity index (χ0n) is 9.16. The molecule has 3 rings (SSSR count). The molecule has 0 bridgehead atoms. The van der Waals surface area contributed by atoms with E-state index in [9.17, 15) is 0 Å². The predicted molar refractivity (Wildman–Crippen MR) is 67.0 cm³/mol. The first-order chi connectivity index (χ1) is 8.86. The lowest BCUT2D eigenvalue weighted by molar-refractivity contribution is 1.07. The number of nitrogens with one attached hydrogen (secondary N) is 1. The first kappa shape index (κ1) is 10.7. The number of aromatic amines is 1. The van der Waals surface area contributed by atoms with Crippen LogP contribution in [-0.4, -0.2) is 20.2 Å². The van der Waals surface area contributed by atoms with Crippen LogP contribution < -0.4 is 0 Å². The normalized spacial score (nSPS) is 10.4. The lowest BCUT2D eigenvalue weighted by Gasteiger charge is -2.01. The summed E-state index contributed by atoms with van der Waals surface area (Å²) >= 11 is 1.49. The molecule has 6 heteroatoms. The van der Waals surface area contributed by atoms with Crippen molar-refractivity contribution in [3.05, 3.63) is 42.4 Å². The number of benzene rings is 1. The molecule has 1 N–H and O–H groups in total. The van der Waals surface area contributed by atoms with E-state index in [2.05, 4.69) is 26.2 Å². The van der Waals surface area contributed by atoms with Crippen LogP contribution in [0.3, 0.4) is 0 Å². The van der Waals surface area contributed by atoms with Crippen LogP contribution in [0.25, 0.3) is 11.0 Å². The average molecular weight is 253 g/mol. The van der Waals surface area contributed by atoms with Crippen molar-refractivity contribution in [2.45, 2.75) is 9.92 Å². The van der Waals surface area contributed by atoms with Crippen LogP contribution in [0.5, 0.6) is 0 Å². The molecule has 0 aliphatic carbocycles. The molecule has 0 fully saturated rings. The van der Waals surface area contributed by atoms with Crippen LogP contribution in [-0.2, 0) is 0 Å². The third-order valence-electron chi connectivity index (χ3n) is 2.39. The summed E-state index contributed by atoms with van der Waals surface area (Å²) in [7, 11) is 0. The molecule has 0 amide bonds. The van der Waals surface area contributed by atoms with Gasteiger partial charge in [0.2, 0.25) is 0 Å². The largest absolute Gasteiger partial charge is 0.261 e. The molecular weight excluding hydrogens is 246 g/mol. The standard InChI is InChI=1S/C12H7N5S/c13-5-8-2-1-3-9(4-8)18-12-10-6-16-17-11(10)14-7-15-12/h1-4,6-7H,(H,14,15,16,17). The number of hydrogen-bond acceptors (Lipinski definition) is 5. The number of nitriles is 1. The Kier molecular flexibility index (Phi) is 2.67. The van der Waals surface area contributed by atoms with Gasteiger partial charge in [0.25, 0.3) is 0 Å². The average Bonchev–Trinajstić information content (AvgIpc) is 2.88. The van der Waals surface area contributed by atoms with Gasteiger partial charge in [0, 0.05) is 4.90 Å². The molecule has 0 atom stereocenters. The van der Waals surface area contributed by atoms with Crippen molar-refractivity contribution in [2.24, 2.45) is 0 Å². The number of aromatic nitrogens is 4. The number of H-pyrrole nitrogens is 1. The van der Waals surface area contributed by atoms with Crippen molar-refractivity contribution >= 4 is 22.8 Å². The Morgan fingerprint density at radius 3 is 3.11 bits per heavy atom. The van der Waals surface area contributed by atoms with Crippen LogP contribution >= 0.6 is 11.8 Å². The summed E-state index contributed by atoms with van der Waals surface area (Å²) in [4.78, 5) is 9.29. The lowest BCUT2D eigenvalue weighted by Crippen LogP contribution is -1.85. The molecule has 0 saturated carbocycles. The molecule has 0 spiro atoms. The van der Waals surface area contributed by atoms with Crippen LogP contribution in [0.1, 0.15) is 5.56 Å². The summed E-state index contributed by atoms with van der Waals surface area (Å²) < 4.78 is 0. The highest BCUT2D eigenvalue weighted by Crippen LogP contribution is 2.30. The summed E-state index contributed by atoms with van der Waals surface area (Å²) in [6, 6.07) is 9.53. The topological polar surface area (TPSA) is 78.2 Å². The molecule has 2 aromatic heterocycles. The van der Waals surface area contributed by atoms with Crippen molar-refractivity contribution in [1.29, 1.82) is 5.26 Å². The summed E-state index contributed by atoms with van der Waals surface area (Å²) in [6.45, 7) is 0. The number of fused-ring (bicyclic) bond motifs is 1. The molecule has 0 saturated heterocycles. The molecule has 0 aliphatic rings. The first-order valence-corrected chi connectivity index (χ1v) is 6.00. The highest BCUT2D eigenvalue weighted by molar-refractivity contribution is 7.99. The van der Waals surface area contributed by atoms with Crippen molar-refractivity contribution < 1.29 is 0 Å². The highest BCUT2D eigenvalue weighted by Gasteiger charge is 2.07. The molecule has 0 unspecified atom stereocenters. The Bertz CT molecular complexity index is 743. The molecule has 2 heterocycles. The minimum absolute atomic E-state index is 0.637. The van der Waals surface area contributed by atoms with Gasteiger partial charge >= 0.3 is 0 Å². The van der Waals surface area contributed by atoms with E-state index >= 15 is 0 Å². The van der Waals surface area contributed by atoms with Gasteiger partial charge in [-0.25, -0.2) is 9.97 Å². The fourth-order valence-corrected chi connectivity index (χ4v) is 2.48. The quantitative estimate of drug-likeness (QED) is 0.709. The summed E-state index contributed by atoms with van der Waals surface area (Å²) in [5.74, 6) is 0. The second-order valence-electron chi connectivity index (χ2n) is 3.55. The Morgan fingerprint density at radius 2 is 2.22 bits per heavy atom. The first-order valence-electron chi connectivity index (χ1n) is 5.19. The van der Waals surface area contributed by atoms with Crippen LogP contribution in [0.15, 0.2) is 46.7 Å². The van der Waals surface area contributed by atoms with E-state index < -0.39 is 0 Å². The van der Waals surface area contributed by atoms with Crippen molar-refractivity contribution in [1.82, 2.24) is 20.2 Å². The Hall–Kier alpha value is -2.39. The van der Waals surface area contributed by atoms with Crippen molar-refractivity contribution in [2.75, 3.05) is 0 Å². The van der Waals surface area contributed by atoms with Gasteiger partial charge in [-0.05, 0) is 18.2 Å². The molecule has 1 aromatic carbocycles. The fourth-order valence-electron chi connectivity index (χ4n) is 1.56. The molecule has 18 heavy (non-hydrogen) atoms. The van der Waals surface area contributed by atoms with Gasteiger partial charge in [0.15, 0.2) is 5.65 Å².